The van der Waals surface area contributed by atoms with Gasteiger partial charge in [0.15, 0.2) is 6.23 Å². The fourth-order valence-electron chi connectivity index (χ4n) is 1.64. The monoisotopic (exact) mass is 215 g/mol. The average molecular weight is 215 g/mol. The largest absolute Gasteiger partial charge is 0.394 e. The molecule has 0 bridgehead atoms. The number of nitrogens with zero attached hydrogens (tertiary/aromatic N) is 2. The van der Waals surface area contributed by atoms with Crippen LogP contribution in [0, 0.1) is 0 Å². The number of anilines is 1. The highest BCUT2D eigenvalue weighted by atomic mass is 16.6. The Labute approximate surface area is 85.7 Å². The molecule has 0 amide bonds. The van der Waals surface area contributed by atoms with Gasteiger partial charge in [-0.25, -0.2) is 4.98 Å². The van der Waals surface area contributed by atoms with E-state index in [0.717, 1.165) is 0 Å². The SMILES string of the molecule is Nc1cncn1[C@H]1O[C@@H](CO)[C@@H](O)[C@H]1O. The van der Waals surface area contributed by atoms with Crippen LogP contribution in [0.15, 0.2) is 12.5 Å². The summed E-state index contributed by atoms with van der Waals surface area (Å²) in [6.45, 7) is -0.358. The Balaban J connectivity index is 2.22. The molecular formula is C8H13N3O4. The molecule has 1 aromatic heterocycles. The van der Waals surface area contributed by atoms with E-state index < -0.39 is 24.5 Å². The summed E-state index contributed by atoms with van der Waals surface area (Å²) in [5.74, 6) is 0.324. The molecule has 5 N–H and O–H groups in total. The Kier molecular flexibility index (Phi) is 2.61. The van der Waals surface area contributed by atoms with Gasteiger partial charge in [0.05, 0.1) is 19.1 Å². The van der Waals surface area contributed by atoms with Crippen molar-refractivity contribution in [2.24, 2.45) is 0 Å². The third kappa shape index (κ3) is 1.59. The quantitative estimate of drug-likeness (QED) is 0.457. The molecule has 1 aliphatic heterocycles. The molecule has 0 aliphatic carbocycles. The molecule has 0 radical (unpaired) electrons. The van der Waals surface area contributed by atoms with E-state index in [2.05, 4.69) is 4.98 Å². The molecular weight excluding hydrogens is 202 g/mol. The highest BCUT2D eigenvalue weighted by molar-refractivity contribution is 5.25. The van der Waals surface area contributed by atoms with E-state index in [9.17, 15) is 10.2 Å². The van der Waals surface area contributed by atoms with Gasteiger partial charge >= 0.3 is 0 Å². The number of nitrogen functional groups attached to an aromatic ring is 1. The Bertz CT molecular complexity index is 342. The zero-order chi connectivity index (χ0) is 11.0. The fraction of sp³-hybridized carbons (Fsp3) is 0.625. The molecule has 1 fully saturated rings. The van der Waals surface area contributed by atoms with Gasteiger partial charge in [0, 0.05) is 0 Å². The van der Waals surface area contributed by atoms with Crippen LogP contribution in [0.25, 0.3) is 0 Å². The molecule has 2 rings (SSSR count). The second-order valence-electron chi connectivity index (χ2n) is 3.45. The van der Waals surface area contributed by atoms with Gasteiger partial charge in [0.2, 0.25) is 0 Å². The maximum atomic E-state index is 9.66. The fourth-order valence-corrected chi connectivity index (χ4v) is 1.64. The number of aromatic nitrogens is 2. The number of hydrogen-bond acceptors (Lipinski definition) is 6. The van der Waals surface area contributed by atoms with Gasteiger partial charge in [-0.05, 0) is 0 Å². The third-order valence-electron chi connectivity index (χ3n) is 2.49. The summed E-state index contributed by atoms with van der Waals surface area (Å²) < 4.78 is 6.66. The van der Waals surface area contributed by atoms with E-state index in [4.69, 9.17) is 15.6 Å². The Morgan fingerprint density at radius 3 is 2.67 bits per heavy atom. The number of aliphatic hydroxyl groups excluding tert-OH is 3. The van der Waals surface area contributed by atoms with E-state index in [-0.39, 0.29) is 6.61 Å². The second-order valence-corrected chi connectivity index (χ2v) is 3.45. The highest BCUT2D eigenvalue weighted by Crippen LogP contribution is 2.30. The number of hydrogen-bond donors (Lipinski definition) is 4. The van der Waals surface area contributed by atoms with Gasteiger partial charge in [-0.15, -0.1) is 0 Å². The first-order valence-corrected chi connectivity index (χ1v) is 4.55. The van der Waals surface area contributed by atoms with E-state index in [1.165, 1.54) is 17.1 Å². The summed E-state index contributed by atoms with van der Waals surface area (Å²) in [4.78, 5) is 3.78. The first-order valence-electron chi connectivity index (χ1n) is 4.55. The lowest BCUT2D eigenvalue weighted by Crippen LogP contribution is -2.33. The summed E-state index contributed by atoms with van der Waals surface area (Å²) in [5, 5.41) is 28.1. The van der Waals surface area contributed by atoms with Crippen molar-refractivity contribution < 1.29 is 20.1 Å². The number of imidazole rings is 1. The van der Waals surface area contributed by atoms with Crippen molar-refractivity contribution in [2.45, 2.75) is 24.5 Å². The number of aliphatic hydroxyl groups is 3. The topological polar surface area (TPSA) is 114 Å². The summed E-state index contributed by atoms with van der Waals surface area (Å²) in [6, 6.07) is 0. The van der Waals surface area contributed by atoms with E-state index in [1.54, 1.807) is 0 Å². The minimum atomic E-state index is -1.13. The third-order valence-corrected chi connectivity index (χ3v) is 2.49. The number of rotatable bonds is 2. The summed E-state index contributed by atoms with van der Waals surface area (Å²) >= 11 is 0. The predicted octanol–water partition coefficient (Wildman–Crippen LogP) is -1.92. The van der Waals surface area contributed by atoms with E-state index in [1.807, 2.05) is 0 Å². The van der Waals surface area contributed by atoms with Crippen molar-refractivity contribution in [2.75, 3.05) is 12.3 Å². The van der Waals surface area contributed by atoms with Crippen LogP contribution in [-0.2, 0) is 4.74 Å². The molecule has 7 heteroatoms. The van der Waals surface area contributed by atoms with E-state index in [0.29, 0.717) is 5.82 Å². The lowest BCUT2D eigenvalue weighted by atomic mass is 10.1. The predicted molar refractivity (Wildman–Crippen MR) is 49.6 cm³/mol. The van der Waals surface area contributed by atoms with Gasteiger partial charge in [0.25, 0.3) is 0 Å². The van der Waals surface area contributed by atoms with Crippen LogP contribution >= 0.6 is 0 Å². The molecule has 2 heterocycles. The van der Waals surface area contributed by atoms with Gasteiger partial charge in [-0.2, -0.15) is 0 Å². The van der Waals surface area contributed by atoms with Crippen LogP contribution < -0.4 is 5.73 Å². The molecule has 0 aromatic carbocycles. The summed E-state index contributed by atoms with van der Waals surface area (Å²) in [7, 11) is 0. The zero-order valence-electron chi connectivity index (χ0n) is 7.89. The van der Waals surface area contributed by atoms with Crippen molar-refractivity contribution in [3.8, 4) is 0 Å². The lowest BCUT2D eigenvalue weighted by molar-refractivity contribution is -0.0517. The molecule has 7 nitrogen and oxygen atoms in total. The zero-order valence-corrected chi connectivity index (χ0v) is 7.89. The Hall–Kier alpha value is -1.15. The van der Waals surface area contributed by atoms with Crippen LogP contribution in [0.2, 0.25) is 0 Å². The first-order chi connectivity index (χ1) is 7.15. The van der Waals surface area contributed by atoms with Gasteiger partial charge in [0.1, 0.15) is 24.1 Å². The van der Waals surface area contributed by atoms with Crippen LogP contribution in [0.1, 0.15) is 6.23 Å². The highest BCUT2D eigenvalue weighted by Gasteiger charge is 2.43. The minimum absolute atomic E-state index is 0.324. The van der Waals surface area contributed by atoms with Crippen LogP contribution in [0.5, 0.6) is 0 Å². The standard InChI is InChI=1S/C8H13N3O4/c9-5-1-10-3-11(5)8-7(14)6(13)4(2-12)15-8/h1,3-4,6-8,12-14H,2,9H2/t4-,6+,7+,8-/m0/s1. The molecule has 15 heavy (non-hydrogen) atoms. The van der Waals surface area contributed by atoms with Gasteiger partial charge in [-0.3, -0.25) is 4.57 Å². The summed E-state index contributed by atoms with van der Waals surface area (Å²) in [6.07, 6.45) is -1.04. The van der Waals surface area contributed by atoms with Crippen LogP contribution in [-0.4, -0.2) is 49.8 Å². The van der Waals surface area contributed by atoms with Crippen molar-refractivity contribution in [3.63, 3.8) is 0 Å². The summed E-state index contributed by atoms with van der Waals surface area (Å²) in [5.41, 5.74) is 5.58. The van der Waals surface area contributed by atoms with Crippen molar-refractivity contribution >= 4 is 5.82 Å². The Morgan fingerprint density at radius 1 is 1.47 bits per heavy atom. The maximum absolute atomic E-state index is 9.66. The van der Waals surface area contributed by atoms with Crippen LogP contribution in [0.4, 0.5) is 5.82 Å². The van der Waals surface area contributed by atoms with E-state index >= 15 is 0 Å². The van der Waals surface area contributed by atoms with Crippen molar-refractivity contribution in [1.29, 1.82) is 0 Å². The molecule has 0 unspecified atom stereocenters. The van der Waals surface area contributed by atoms with Gasteiger partial charge < -0.3 is 25.8 Å². The molecule has 84 valence electrons. The lowest BCUT2D eigenvalue weighted by Gasteiger charge is -2.16. The molecule has 1 saturated heterocycles. The van der Waals surface area contributed by atoms with Crippen molar-refractivity contribution in [3.05, 3.63) is 12.5 Å². The van der Waals surface area contributed by atoms with Gasteiger partial charge in [-0.1, -0.05) is 0 Å². The molecule has 1 aromatic rings. The first kappa shape index (κ1) is 10.4. The average Bonchev–Trinajstić information content (AvgIpc) is 2.74. The number of ether oxygens (including phenoxy) is 1. The molecule has 4 atom stereocenters. The smallest absolute Gasteiger partial charge is 0.165 e. The molecule has 0 spiro atoms. The van der Waals surface area contributed by atoms with Crippen molar-refractivity contribution in [1.82, 2.24) is 9.55 Å². The number of nitrogens with two attached hydrogens (primary N) is 1. The van der Waals surface area contributed by atoms with Crippen LogP contribution in [0.3, 0.4) is 0 Å². The minimum Gasteiger partial charge on any atom is -0.394 e. The Morgan fingerprint density at radius 2 is 2.20 bits per heavy atom. The molecule has 1 aliphatic rings. The molecule has 0 saturated carbocycles. The normalized spacial score (nSPS) is 35.9. The maximum Gasteiger partial charge on any atom is 0.165 e. The second kappa shape index (κ2) is 3.78.